The number of aryl methyl sites for hydroxylation is 2. The first-order valence-electron chi connectivity index (χ1n) is 9.25. The molecule has 1 aromatic carbocycles. The van der Waals surface area contributed by atoms with Crippen LogP contribution in [0.5, 0.6) is 0 Å². The molecule has 0 N–H and O–H groups in total. The van der Waals surface area contributed by atoms with Crippen LogP contribution in [-0.2, 0) is 19.5 Å². The molecule has 0 saturated heterocycles. The molecule has 136 valence electrons. The minimum Gasteiger partial charge on any atom is -0.360 e. The van der Waals surface area contributed by atoms with Crippen LogP contribution in [0.3, 0.4) is 0 Å². The number of hydrogen-bond donors (Lipinski definition) is 0. The quantitative estimate of drug-likeness (QED) is 0.560. The summed E-state index contributed by atoms with van der Waals surface area (Å²) < 4.78 is 7.54. The summed E-state index contributed by atoms with van der Waals surface area (Å²) in [5.41, 5.74) is 7.50. The molecule has 6 heteroatoms. The summed E-state index contributed by atoms with van der Waals surface area (Å²) in [6.45, 7) is 6.68. The van der Waals surface area contributed by atoms with Gasteiger partial charge in [-0.05, 0) is 19.9 Å². The molecule has 0 bridgehead atoms. The highest BCUT2D eigenvalue weighted by molar-refractivity contribution is 5.63. The van der Waals surface area contributed by atoms with E-state index in [2.05, 4.69) is 40.3 Å². The van der Waals surface area contributed by atoms with E-state index in [-0.39, 0.29) is 0 Å². The lowest BCUT2D eigenvalue weighted by Gasteiger charge is -2.25. The first-order chi connectivity index (χ1) is 13.2. The van der Waals surface area contributed by atoms with Gasteiger partial charge in [-0.15, -0.1) is 0 Å². The van der Waals surface area contributed by atoms with Gasteiger partial charge in [0.15, 0.2) is 5.65 Å². The van der Waals surface area contributed by atoms with E-state index in [1.807, 2.05) is 35.8 Å². The van der Waals surface area contributed by atoms with Crippen molar-refractivity contribution in [2.24, 2.45) is 0 Å². The fourth-order valence-corrected chi connectivity index (χ4v) is 3.89. The van der Waals surface area contributed by atoms with Crippen LogP contribution in [0.1, 0.15) is 28.3 Å². The standard InChI is InChI=1S/C21H21N5O/c1-14-10-15(2)26-21(23-14)17(11-22-26)12-25-9-8-19-18(13-25)20(24-27-19)16-6-4-3-5-7-16/h3-7,10-11H,8-9,12-13H2,1-2H3. The highest BCUT2D eigenvalue weighted by atomic mass is 16.5. The van der Waals surface area contributed by atoms with E-state index in [0.717, 1.165) is 65.7 Å². The fourth-order valence-electron chi connectivity index (χ4n) is 3.89. The monoisotopic (exact) mass is 359 g/mol. The van der Waals surface area contributed by atoms with Crippen molar-refractivity contribution in [3.8, 4) is 11.3 Å². The van der Waals surface area contributed by atoms with Crippen LogP contribution in [-0.4, -0.2) is 31.2 Å². The van der Waals surface area contributed by atoms with Gasteiger partial charge in [0.2, 0.25) is 0 Å². The second-order valence-corrected chi connectivity index (χ2v) is 7.20. The summed E-state index contributed by atoms with van der Waals surface area (Å²) in [5.74, 6) is 1.01. The van der Waals surface area contributed by atoms with Gasteiger partial charge in [0.05, 0.1) is 6.20 Å². The lowest BCUT2D eigenvalue weighted by atomic mass is 10.0. The highest BCUT2D eigenvalue weighted by Crippen LogP contribution is 2.30. The summed E-state index contributed by atoms with van der Waals surface area (Å²) in [6, 6.07) is 12.3. The lowest BCUT2D eigenvalue weighted by Crippen LogP contribution is -2.29. The zero-order valence-electron chi connectivity index (χ0n) is 15.5. The minimum atomic E-state index is 0.818. The maximum Gasteiger partial charge on any atom is 0.159 e. The minimum absolute atomic E-state index is 0.818. The topological polar surface area (TPSA) is 59.5 Å². The van der Waals surface area contributed by atoms with Crippen LogP contribution >= 0.6 is 0 Å². The Balaban J connectivity index is 1.44. The SMILES string of the molecule is Cc1cc(C)n2ncc(CN3CCc4onc(-c5ccccc5)c4C3)c2n1. The molecule has 4 aromatic rings. The molecule has 0 atom stereocenters. The molecule has 0 aliphatic carbocycles. The zero-order chi connectivity index (χ0) is 18.4. The molecule has 1 aliphatic heterocycles. The Morgan fingerprint density at radius 1 is 1.15 bits per heavy atom. The van der Waals surface area contributed by atoms with Crippen LogP contribution in [0.15, 0.2) is 47.1 Å². The van der Waals surface area contributed by atoms with Crippen molar-refractivity contribution in [1.29, 1.82) is 0 Å². The van der Waals surface area contributed by atoms with Crippen LogP contribution in [0, 0.1) is 13.8 Å². The predicted octanol–water partition coefficient (Wildman–Crippen LogP) is 3.56. The molecule has 5 rings (SSSR count). The molecular weight excluding hydrogens is 338 g/mol. The van der Waals surface area contributed by atoms with Crippen molar-refractivity contribution < 1.29 is 4.52 Å². The number of hydrogen-bond acceptors (Lipinski definition) is 5. The van der Waals surface area contributed by atoms with Crippen LogP contribution in [0.2, 0.25) is 0 Å². The van der Waals surface area contributed by atoms with Gasteiger partial charge in [-0.2, -0.15) is 5.10 Å². The Hall–Kier alpha value is -2.99. The first-order valence-corrected chi connectivity index (χ1v) is 9.25. The Morgan fingerprint density at radius 3 is 2.85 bits per heavy atom. The summed E-state index contributed by atoms with van der Waals surface area (Å²) in [5, 5.41) is 8.86. The van der Waals surface area contributed by atoms with E-state index in [4.69, 9.17) is 9.51 Å². The number of benzene rings is 1. The smallest absolute Gasteiger partial charge is 0.159 e. The molecule has 0 radical (unpaired) electrons. The second-order valence-electron chi connectivity index (χ2n) is 7.20. The average molecular weight is 359 g/mol. The summed E-state index contributed by atoms with van der Waals surface area (Å²) in [4.78, 5) is 7.12. The van der Waals surface area contributed by atoms with Crippen molar-refractivity contribution in [1.82, 2.24) is 24.7 Å². The molecule has 0 fully saturated rings. The molecule has 27 heavy (non-hydrogen) atoms. The van der Waals surface area contributed by atoms with Gasteiger partial charge < -0.3 is 4.52 Å². The number of nitrogens with zero attached hydrogens (tertiary/aromatic N) is 5. The van der Waals surface area contributed by atoms with Gasteiger partial charge in [-0.3, -0.25) is 4.90 Å². The molecular formula is C21H21N5O. The molecule has 0 saturated carbocycles. The van der Waals surface area contributed by atoms with Crippen molar-refractivity contribution in [3.63, 3.8) is 0 Å². The number of aromatic nitrogens is 4. The van der Waals surface area contributed by atoms with E-state index in [0.29, 0.717) is 0 Å². The van der Waals surface area contributed by atoms with Crippen molar-refractivity contribution in [3.05, 3.63) is 70.9 Å². The average Bonchev–Trinajstić information content (AvgIpc) is 3.27. The summed E-state index contributed by atoms with van der Waals surface area (Å²) in [6.07, 6.45) is 2.82. The van der Waals surface area contributed by atoms with E-state index in [1.165, 1.54) is 5.56 Å². The van der Waals surface area contributed by atoms with Crippen LogP contribution in [0.4, 0.5) is 0 Å². The third kappa shape index (κ3) is 2.82. The normalized spacial score (nSPS) is 14.6. The van der Waals surface area contributed by atoms with Gasteiger partial charge in [-0.25, -0.2) is 9.50 Å². The van der Waals surface area contributed by atoms with Crippen molar-refractivity contribution in [2.75, 3.05) is 6.54 Å². The molecule has 0 unspecified atom stereocenters. The molecule has 4 heterocycles. The predicted molar refractivity (Wildman–Crippen MR) is 102 cm³/mol. The Kier molecular flexibility index (Phi) is 3.79. The highest BCUT2D eigenvalue weighted by Gasteiger charge is 2.25. The Morgan fingerprint density at radius 2 is 2.00 bits per heavy atom. The van der Waals surface area contributed by atoms with E-state index in [1.54, 1.807) is 0 Å². The van der Waals surface area contributed by atoms with Crippen LogP contribution in [0.25, 0.3) is 16.9 Å². The van der Waals surface area contributed by atoms with Crippen LogP contribution < -0.4 is 0 Å². The largest absolute Gasteiger partial charge is 0.360 e. The molecule has 1 aliphatic rings. The Labute approximate surface area is 157 Å². The summed E-state index contributed by atoms with van der Waals surface area (Å²) in [7, 11) is 0. The third-order valence-electron chi connectivity index (χ3n) is 5.20. The van der Waals surface area contributed by atoms with Gasteiger partial charge in [-0.1, -0.05) is 35.5 Å². The van der Waals surface area contributed by atoms with E-state index < -0.39 is 0 Å². The number of fused-ring (bicyclic) bond motifs is 2. The van der Waals surface area contributed by atoms with Gasteiger partial charge >= 0.3 is 0 Å². The first kappa shape index (κ1) is 16.2. The molecule has 0 spiro atoms. The molecule has 0 amide bonds. The van der Waals surface area contributed by atoms with Gasteiger partial charge in [0.1, 0.15) is 11.5 Å². The Bertz CT molecular complexity index is 1110. The second kappa shape index (κ2) is 6.32. The fraction of sp³-hybridized carbons (Fsp3) is 0.286. The maximum absolute atomic E-state index is 5.62. The van der Waals surface area contributed by atoms with Crippen molar-refractivity contribution in [2.45, 2.75) is 33.4 Å². The molecule has 3 aromatic heterocycles. The molecule has 6 nitrogen and oxygen atoms in total. The van der Waals surface area contributed by atoms with Gasteiger partial charge in [0.25, 0.3) is 0 Å². The lowest BCUT2D eigenvalue weighted by molar-refractivity contribution is 0.229. The maximum atomic E-state index is 5.62. The van der Waals surface area contributed by atoms with Crippen molar-refractivity contribution >= 4 is 5.65 Å². The zero-order valence-corrected chi connectivity index (χ0v) is 15.5. The van der Waals surface area contributed by atoms with E-state index >= 15 is 0 Å². The third-order valence-corrected chi connectivity index (χ3v) is 5.20. The van der Waals surface area contributed by atoms with Gasteiger partial charge in [0, 0.05) is 54.1 Å². The van der Waals surface area contributed by atoms with E-state index in [9.17, 15) is 0 Å². The summed E-state index contributed by atoms with van der Waals surface area (Å²) >= 11 is 0. The number of rotatable bonds is 3.